The number of Topliss-reactive ketones (excluding diaryl/α,β-unsaturated/α-hetero) is 2. The van der Waals surface area contributed by atoms with Crippen molar-refractivity contribution in [2.24, 2.45) is 10.9 Å². The number of hydrogen-bond acceptors (Lipinski definition) is 11. The Hall–Kier alpha value is -11.6. The molecule has 3 fully saturated rings. The lowest BCUT2D eigenvalue weighted by molar-refractivity contribution is 0.0368. The molecule has 17 rings (SSSR count). The first-order chi connectivity index (χ1) is 64.7. The highest BCUT2D eigenvalue weighted by Crippen LogP contribution is 2.49. The summed E-state index contributed by atoms with van der Waals surface area (Å²) >= 11 is 56.4. The van der Waals surface area contributed by atoms with E-state index in [1.54, 1.807) is 209 Å². The Balaban J connectivity index is 0.000000159. The van der Waals surface area contributed by atoms with Crippen molar-refractivity contribution in [1.82, 2.24) is 0 Å². The van der Waals surface area contributed by atoms with Crippen LogP contribution in [0.15, 0.2) is 345 Å². The largest absolute Gasteiger partial charge is 0.399 e. The lowest BCUT2D eigenvalue weighted by Crippen LogP contribution is -2.48. The summed E-state index contributed by atoms with van der Waals surface area (Å²) in [4.78, 5) is 86.6. The number of aryl methyl sites for hydroxylation is 5. The molecule has 0 bridgehead atoms. The highest BCUT2D eigenvalue weighted by Gasteiger charge is 2.60. The number of rotatable bonds is 16. The molecule has 0 aromatic heterocycles. The fraction of sp³-hybridized carbons (Fsp3) is 0.174. The summed E-state index contributed by atoms with van der Waals surface area (Å²) in [6.07, 6.45) is 2.18. The van der Waals surface area contributed by atoms with Gasteiger partial charge >= 0.3 is 18.1 Å². The molecule has 3 saturated heterocycles. The molecule has 698 valence electrons. The summed E-state index contributed by atoms with van der Waals surface area (Å²) < 4.78 is 0. The number of nitrogens with two attached hydrogens (primary N) is 1. The number of urea groups is 3. The van der Waals surface area contributed by atoms with Crippen LogP contribution in [0.5, 0.6) is 0 Å². The van der Waals surface area contributed by atoms with Crippen LogP contribution in [-0.4, -0.2) is 74.0 Å². The van der Waals surface area contributed by atoms with Gasteiger partial charge in [-0.15, -0.1) is 0 Å². The molecule has 8 atom stereocenters. The number of anilines is 7. The first-order valence-corrected chi connectivity index (χ1v) is 47.3. The molecular weight excluding hydrogens is 1960 g/mol. The summed E-state index contributed by atoms with van der Waals surface area (Å²) in [6.45, 7) is 19.2. The van der Waals surface area contributed by atoms with E-state index in [9.17, 15) is 44.1 Å². The van der Waals surface area contributed by atoms with Crippen LogP contribution in [0.1, 0.15) is 105 Å². The topological polar surface area (TPSA) is 221 Å². The molecule has 0 spiro atoms. The van der Waals surface area contributed by atoms with Crippen molar-refractivity contribution in [2.45, 2.75) is 116 Å². The van der Waals surface area contributed by atoms with Crippen molar-refractivity contribution in [3.63, 3.8) is 0 Å². The summed E-state index contributed by atoms with van der Waals surface area (Å²) in [5, 5.41) is 41.5. The van der Waals surface area contributed by atoms with E-state index >= 15 is 0 Å². The number of nitrogen functional groups attached to an aromatic ring is 1. The van der Waals surface area contributed by atoms with Crippen LogP contribution < -0.4 is 35.1 Å². The van der Waals surface area contributed by atoms with Crippen molar-refractivity contribution in [2.75, 3.05) is 35.1 Å². The molecule has 3 aliphatic rings. The summed E-state index contributed by atoms with van der Waals surface area (Å²) in [7, 11) is 0. The third-order valence-corrected chi connectivity index (χ3v) is 25.4. The molecule has 3 heterocycles. The van der Waals surface area contributed by atoms with Crippen LogP contribution in [0.3, 0.4) is 0 Å². The van der Waals surface area contributed by atoms with Crippen LogP contribution in [0.25, 0.3) is 0 Å². The van der Waals surface area contributed by atoms with Gasteiger partial charge < -0.3 is 21.1 Å². The van der Waals surface area contributed by atoms with E-state index in [2.05, 4.69) is 20.9 Å². The summed E-state index contributed by atoms with van der Waals surface area (Å²) in [5.41, 5.74) is 15.5. The number of amides is 6. The van der Waals surface area contributed by atoms with Crippen molar-refractivity contribution >= 4 is 202 Å². The number of benzene rings is 14. The van der Waals surface area contributed by atoms with Crippen molar-refractivity contribution in [1.29, 1.82) is 0 Å². The normalized spacial score (nSPS) is 17.8. The first-order valence-electron chi connectivity index (χ1n) is 43.0. The quantitative estimate of drug-likeness (QED) is 0.0236. The molecule has 5 N–H and O–H groups in total. The predicted octanol–water partition coefficient (Wildman–Crippen LogP) is 29.8. The number of aliphatic imine (C=N–C) groups is 1. The minimum Gasteiger partial charge on any atom is -0.399 e. The summed E-state index contributed by atoms with van der Waals surface area (Å²) in [5.74, 6) is 0.306. The van der Waals surface area contributed by atoms with E-state index in [4.69, 9.17) is 110 Å². The van der Waals surface area contributed by atoms with Crippen LogP contribution in [0, 0.1) is 40.5 Å². The molecule has 0 radical (unpaired) electrons. The zero-order valence-corrected chi connectivity index (χ0v) is 84.1. The Labute approximate surface area is 846 Å². The van der Waals surface area contributed by atoms with Gasteiger partial charge in [0.2, 0.25) is 6.08 Å². The maximum absolute atomic E-state index is 13.6. The smallest absolute Gasteiger partial charge is 0.332 e. The van der Waals surface area contributed by atoms with E-state index in [1.807, 2.05) is 215 Å². The average Bonchev–Trinajstić information content (AvgIpc) is 1.57. The number of aliphatic hydroxyl groups is 3. The lowest BCUT2D eigenvalue weighted by Gasteiger charge is -2.36. The molecule has 17 nitrogen and oxygen atoms in total. The second-order valence-electron chi connectivity index (χ2n) is 32.7. The Morgan fingerprint density at radius 2 is 0.588 bits per heavy atom. The van der Waals surface area contributed by atoms with Crippen LogP contribution >= 0.6 is 120 Å². The highest BCUT2D eigenvalue weighted by molar-refractivity contribution is 9.10. The van der Waals surface area contributed by atoms with E-state index in [0.717, 1.165) is 66.7 Å². The SMILES string of the molecule is Cc1cccc(C(=O)C(C)Br)c1.Cc1cccc(C(=O)C(C)Cc2ccc(Cl)cc2)c1.Cc1cccc(C2(O)C(C)N(c3ccc(Cl)cc3)C(=O)N2c2ccc(Cl)cc2)c1.Cc1cccc(C2(O)[C@@H](C)N(c3ccc(Cl)cc3)C(=O)N2c2ccc(Cl)cc2)c1.Cc1cccc(C2(O)[C@H](C)N(c3ccc(Cl)cc3)C(=O)N2c2ccc(Cl)cc2)c1.Nc1ccc(Cl)cc1.O=C=Nc1ccc(Cl)cc1. The average molecular weight is 2060 g/mol. The van der Waals surface area contributed by atoms with Gasteiger partial charge in [-0.1, -0.05) is 276 Å². The molecule has 14 aromatic carbocycles. The van der Waals surface area contributed by atoms with Gasteiger partial charge in [0.05, 0.1) is 28.6 Å². The number of carbonyl (C=O) groups excluding carboxylic acids is 6. The molecule has 3 aliphatic heterocycles. The van der Waals surface area contributed by atoms with Gasteiger partial charge in [-0.3, -0.25) is 39.0 Å². The number of halogens is 10. The Kier molecular flexibility index (Phi) is 36.6. The number of isocyanates is 1. The molecule has 6 unspecified atom stereocenters. The maximum atomic E-state index is 13.6. The van der Waals surface area contributed by atoms with Gasteiger partial charge in [0.15, 0.2) is 28.7 Å². The van der Waals surface area contributed by atoms with Crippen molar-refractivity contribution in [3.8, 4) is 0 Å². The zero-order valence-electron chi connectivity index (χ0n) is 75.7. The Morgan fingerprint density at radius 1 is 0.353 bits per heavy atom. The third-order valence-electron chi connectivity index (χ3n) is 22.8. The standard InChI is InChI=1S/3C23H20Cl2N2O2.C17H17ClO.C10H11BrO.C7H4ClNO.C6H6ClN/c3*1-15-4-3-5-17(14-15)23(29)16(2)26(20-10-6-18(24)7-11-20)22(28)27(23)21-12-8-19(25)9-13-21;1-12-4-3-5-15(10-12)17(19)13(2)11-14-6-8-16(18)9-7-14;1-7-4-3-5-9(6-7)10(12)8(2)11;8-6-1-3-7(4-2-6)9-5-10;7-5-1-3-6(8)4-2-5/h3*3-14,16,29H,1-2H3;3-10,13H,11H2,1-2H3;3-6,8H,1-2H3;1-4H;1-4H,8H2/t2*16-,23?;;;;;/m10...../s1. The lowest BCUT2D eigenvalue weighted by atomic mass is 9.92. The monoisotopic (exact) mass is 2060 g/mol. The number of nitrogens with zero attached hydrogens (tertiary/aromatic N) is 7. The Morgan fingerprint density at radius 3 is 0.838 bits per heavy atom. The van der Waals surface area contributed by atoms with Gasteiger partial charge in [0.25, 0.3) is 0 Å². The molecule has 0 aliphatic carbocycles. The summed E-state index contributed by atoms with van der Waals surface area (Å²) in [6, 6.07) is 98.5. The fourth-order valence-corrected chi connectivity index (χ4v) is 17.2. The van der Waals surface area contributed by atoms with E-state index in [-0.39, 0.29) is 40.4 Å². The van der Waals surface area contributed by atoms with Crippen molar-refractivity contribution < 1.29 is 44.1 Å². The van der Waals surface area contributed by atoms with E-state index in [1.165, 1.54) is 20.8 Å². The molecule has 27 heteroatoms. The highest BCUT2D eigenvalue weighted by atomic mass is 79.9. The number of carbonyl (C=O) groups is 5. The van der Waals surface area contributed by atoms with E-state index < -0.39 is 35.3 Å². The minimum atomic E-state index is -1.57. The van der Waals surface area contributed by atoms with Crippen LogP contribution in [0.4, 0.5) is 59.9 Å². The molecule has 6 amide bonds. The first kappa shape index (κ1) is 105. The van der Waals surface area contributed by atoms with Crippen molar-refractivity contribution in [3.05, 3.63) is 446 Å². The van der Waals surface area contributed by atoms with Gasteiger partial charge in [-0.25, -0.2) is 19.2 Å². The van der Waals surface area contributed by atoms with E-state index in [0.29, 0.717) is 91.7 Å². The Bertz CT molecular complexity index is 6110. The molecule has 136 heavy (non-hydrogen) atoms. The van der Waals surface area contributed by atoms with Gasteiger partial charge in [-0.2, -0.15) is 4.99 Å². The van der Waals surface area contributed by atoms with Gasteiger partial charge in [0.1, 0.15) is 0 Å². The zero-order chi connectivity index (χ0) is 98.6. The van der Waals surface area contributed by atoms with Crippen LogP contribution in [0.2, 0.25) is 45.2 Å². The maximum Gasteiger partial charge on any atom is 0.332 e. The fourth-order valence-electron chi connectivity index (χ4n) is 15.8. The van der Waals surface area contributed by atoms with Crippen LogP contribution in [-0.2, 0) is 28.4 Å². The van der Waals surface area contributed by atoms with Gasteiger partial charge in [0, 0.05) is 119 Å². The number of ketones is 2. The minimum absolute atomic E-state index is 0.0250. The number of alkyl halides is 1. The van der Waals surface area contributed by atoms with Gasteiger partial charge in [-0.05, 0) is 293 Å². The number of hydrogen-bond donors (Lipinski definition) is 4. The predicted molar refractivity (Wildman–Crippen MR) is 562 cm³/mol. The molecular formula is C109H98BrCl9N8O9. The third kappa shape index (κ3) is 25.6. The second-order valence-corrected chi connectivity index (χ2v) is 38.0. The molecule has 14 aromatic rings. The molecule has 0 saturated carbocycles. The second kappa shape index (κ2) is 47.4.